The third-order valence-corrected chi connectivity index (χ3v) is 8.11. The molecule has 0 bridgehead atoms. The summed E-state index contributed by atoms with van der Waals surface area (Å²) in [4.78, 5) is 8.89. The second-order valence-electron chi connectivity index (χ2n) is 10.6. The summed E-state index contributed by atoms with van der Waals surface area (Å²) in [5.74, 6) is -0.597. The van der Waals surface area contributed by atoms with Crippen LogP contribution in [0.25, 0.3) is 16.8 Å². The van der Waals surface area contributed by atoms with Crippen molar-refractivity contribution < 1.29 is 13.2 Å². The average molecular weight is 506 g/mol. The molecule has 2 N–H and O–H groups in total. The number of pyridine rings is 1. The summed E-state index contributed by atoms with van der Waals surface area (Å²) in [6.45, 7) is 0. The van der Waals surface area contributed by atoms with E-state index in [1.807, 2.05) is 6.20 Å². The normalized spacial score (nSPS) is 21.5. The maximum absolute atomic E-state index is 15.2. The Morgan fingerprint density at radius 1 is 1.00 bits per heavy atom. The number of nitrogens with two attached hydrogens (primary N) is 1. The number of benzene rings is 1. The van der Waals surface area contributed by atoms with E-state index in [4.69, 9.17) is 5.73 Å². The van der Waals surface area contributed by atoms with Gasteiger partial charge in [0.1, 0.15) is 23.1 Å². The third kappa shape index (κ3) is 4.52. The summed E-state index contributed by atoms with van der Waals surface area (Å²) in [6.07, 6.45) is 12.0. The SMILES string of the molecule is N[C@H]1CCC[C@@H](c2ccncc2Cc2ncc3ccc(-c4c(F)cc(C5(F)CCCC5)cc4F)nn23)C1. The maximum Gasteiger partial charge on any atom is 0.136 e. The number of imidazole rings is 1. The van der Waals surface area contributed by atoms with Crippen molar-refractivity contribution in [1.29, 1.82) is 0 Å². The lowest BCUT2D eigenvalue weighted by Gasteiger charge is -2.28. The lowest BCUT2D eigenvalue weighted by atomic mass is 9.80. The highest BCUT2D eigenvalue weighted by Crippen LogP contribution is 2.44. The van der Waals surface area contributed by atoms with Gasteiger partial charge in [0.25, 0.3) is 0 Å². The highest BCUT2D eigenvalue weighted by Gasteiger charge is 2.37. The maximum atomic E-state index is 15.2. The zero-order chi connectivity index (χ0) is 25.6. The number of fused-ring (bicyclic) bond motifs is 1. The van der Waals surface area contributed by atoms with Gasteiger partial charge in [0.15, 0.2) is 0 Å². The van der Waals surface area contributed by atoms with E-state index in [9.17, 15) is 0 Å². The number of rotatable bonds is 5. The molecule has 6 rings (SSSR count). The molecule has 2 aliphatic carbocycles. The molecule has 4 aromatic rings. The van der Waals surface area contributed by atoms with Gasteiger partial charge in [-0.2, -0.15) is 5.10 Å². The Morgan fingerprint density at radius 3 is 2.54 bits per heavy atom. The summed E-state index contributed by atoms with van der Waals surface area (Å²) in [5.41, 5.74) is 7.51. The van der Waals surface area contributed by atoms with Crippen LogP contribution < -0.4 is 5.73 Å². The molecule has 2 saturated carbocycles. The topological polar surface area (TPSA) is 69.1 Å². The highest BCUT2D eigenvalue weighted by molar-refractivity contribution is 5.63. The first kappa shape index (κ1) is 24.1. The molecule has 37 heavy (non-hydrogen) atoms. The average Bonchev–Trinajstić information content (AvgIpc) is 3.51. The second kappa shape index (κ2) is 9.56. The van der Waals surface area contributed by atoms with E-state index in [-0.39, 0.29) is 35.7 Å². The quantitative estimate of drug-likeness (QED) is 0.342. The van der Waals surface area contributed by atoms with Crippen molar-refractivity contribution in [3.05, 3.63) is 83.1 Å². The van der Waals surface area contributed by atoms with E-state index in [1.165, 1.54) is 5.56 Å². The Bertz CT molecular complexity index is 1420. The van der Waals surface area contributed by atoms with Crippen molar-refractivity contribution in [1.82, 2.24) is 19.6 Å². The van der Waals surface area contributed by atoms with Crippen LogP contribution >= 0.6 is 0 Å². The third-order valence-electron chi connectivity index (χ3n) is 8.11. The molecule has 2 aliphatic rings. The van der Waals surface area contributed by atoms with Gasteiger partial charge >= 0.3 is 0 Å². The fourth-order valence-electron chi connectivity index (χ4n) is 6.15. The first-order valence-corrected chi connectivity index (χ1v) is 13.1. The fourth-order valence-corrected chi connectivity index (χ4v) is 6.15. The van der Waals surface area contributed by atoms with Crippen LogP contribution in [0.3, 0.4) is 0 Å². The van der Waals surface area contributed by atoms with E-state index in [0.717, 1.165) is 61.7 Å². The van der Waals surface area contributed by atoms with Gasteiger partial charge in [-0.3, -0.25) is 4.98 Å². The van der Waals surface area contributed by atoms with Crippen LogP contribution in [0.5, 0.6) is 0 Å². The predicted octanol–water partition coefficient (Wildman–Crippen LogP) is 6.38. The van der Waals surface area contributed by atoms with Crippen molar-refractivity contribution >= 4 is 5.52 Å². The number of nitrogens with zero attached hydrogens (tertiary/aromatic N) is 4. The van der Waals surface area contributed by atoms with E-state index in [2.05, 4.69) is 21.1 Å². The summed E-state index contributed by atoms with van der Waals surface area (Å²) in [5, 5.41) is 4.56. The molecule has 8 heteroatoms. The van der Waals surface area contributed by atoms with Gasteiger partial charge < -0.3 is 5.73 Å². The van der Waals surface area contributed by atoms with E-state index in [0.29, 0.717) is 18.2 Å². The van der Waals surface area contributed by atoms with Crippen LogP contribution in [0, 0.1) is 11.6 Å². The zero-order valence-corrected chi connectivity index (χ0v) is 20.6. The summed E-state index contributed by atoms with van der Waals surface area (Å²) in [7, 11) is 0. The molecule has 0 amide bonds. The molecule has 3 aromatic heterocycles. The lowest BCUT2D eigenvalue weighted by molar-refractivity contribution is 0.173. The number of hydrogen-bond acceptors (Lipinski definition) is 4. The van der Waals surface area contributed by atoms with Gasteiger partial charge in [0, 0.05) is 24.9 Å². The van der Waals surface area contributed by atoms with Crippen molar-refractivity contribution in [2.75, 3.05) is 0 Å². The van der Waals surface area contributed by atoms with Crippen LogP contribution in [0.1, 0.15) is 79.8 Å². The number of halogens is 3. The summed E-state index contributed by atoms with van der Waals surface area (Å²) >= 11 is 0. The van der Waals surface area contributed by atoms with Crippen LogP contribution in [-0.2, 0) is 12.1 Å². The minimum Gasteiger partial charge on any atom is -0.328 e. The van der Waals surface area contributed by atoms with Crippen molar-refractivity contribution in [2.45, 2.75) is 75.4 Å². The molecule has 0 aliphatic heterocycles. The summed E-state index contributed by atoms with van der Waals surface area (Å²) in [6, 6.07) is 7.82. The minimum atomic E-state index is -1.67. The van der Waals surface area contributed by atoms with Gasteiger partial charge in [-0.1, -0.05) is 6.42 Å². The Labute approximate surface area is 213 Å². The van der Waals surface area contributed by atoms with Gasteiger partial charge in [-0.15, -0.1) is 0 Å². The Kier molecular flexibility index (Phi) is 6.23. The second-order valence-corrected chi connectivity index (χ2v) is 10.6. The minimum absolute atomic E-state index is 0.0692. The zero-order valence-electron chi connectivity index (χ0n) is 20.6. The molecule has 0 saturated heterocycles. The molecule has 192 valence electrons. The first-order valence-electron chi connectivity index (χ1n) is 13.1. The van der Waals surface area contributed by atoms with Crippen molar-refractivity contribution in [3.8, 4) is 11.3 Å². The van der Waals surface area contributed by atoms with Gasteiger partial charge in [-0.05, 0) is 97.9 Å². The molecular formula is C29H30F3N5. The molecular weight excluding hydrogens is 475 g/mol. The first-order chi connectivity index (χ1) is 17.9. The Morgan fingerprint density at radius 2 is 1.78 bits per heavy atom. The van der Waals surface area contributed by atoms with Crippen LogP contribution in [0.4, 0.5) is 13.2 Å². The van der Waals surface area contributed by atoms with Crippen LogP contribution in [0.2, 0.25) is 0 Å². The van der Waals surface area contributed by atoms with E-state index in [1.54, 1.807) is 29.0 Å². The number of hydrogen-bond donors (Lipinski definition) is 1. The largest absolute Gasteiger partial charge is 0.328 e. The van der Waals surface area contributed by atoms with Crippen LogP contribution in [-0.4, -0.2) is 25.6 Å². The molecule has 2 atom stereocenters. The van der Waals surface area contributed by atoms with Gasteiger partial charge in [-0.25, -0.2) is 22.7 Å². The molecule has 1 aromatic carbocycles. The van der Waals surface area contributed by atoms with Crippen LogP contribution in [0.15, 0.2) is 48.9 Å². The van der Waals surface area contributed by atoms with E-state index < -0.39 is 17.3 Å². The molecule has 0 spiro atoms. The van der Waals surface area contributed by atoms with E-state index >= 15 is 13.2 Å². The molecule has 0 unspecified atom stereocenters. The smallest absolute Gasteiger partial charge is 0.136 e. The van der Waals surface area contributed by atoms with Crippen molar-refractivity contribution in [2.24, 2.45) is 5.73 Å². The lowest BCUT2D eigenvalue weighted by Crippen LogP contribution is -2.27. The standard InChI is InChI=1S/C29H30F3N5/c30-24-14-20(29(32)9-1-2-10-29)15-25(31)28(24)26-7-6-22-17-35-27(37(22)36-26)13-19-16-34-11-8-23(19)18-4-3-5-21(33)12-18/h6-8,11,14-18,21H,1-5,9-10,12-13,33H2/t18-,21+/m1/s1. The number of aromatic nitrogens is 4. The summed E-state index contributed by atoms with van der Waals surface area (Å²) < 4.78 is 47.2. The Balaban J connectivity index is 1.35. The number of alkyl halides is 1. The van der Waals surface area contributed by atoms with Crippen molar-refractivity contribution in [3.63, 3.8) is 0 Å². The predicted molar refractivity (Wildman–Crippen MR) is 136 cm³/mol. The molecule has 3 heterocycles. The highest BCUT2D eigenvalue weighted by atomic mass is 19.1. The Hall–Kier alpha value is -3.26. The molecule has 5 nitrogen and oxygen atoms in total. The van der Waals surface area contributed by atoms with Gasteiger partial charge in [0.05, 0.1) is 23.0 Å². The van der Waals surface area contributed by atoms with Gasteiger partial charge in [0.2, 0.25) is 0 Å². The molecule has 2 fully saturated rings. The monoisotopic (exact) mass is 505 g/mol. The molecule has 0 radical (unpaired) electrons. The fraction of sp³-hybridized carbons (Fsp3) is 0.414.